The summed E-state index contributed by atoms with van der Waals surface area (Å²) in [6.07, 6.45) is 1.32. The van der Waals surface area contributed by atoms with Gasteiger partial charge in [0.15, 0.2) is 0 Å². The number of carbonyl (C=O) groups excluding carboxylic acids is 2. The Hall–Kier alpha value is -3.12. The fourth-order valence-corrected chi connectivity index (χ4v) is 5.12. The number of benzene rings is 3. The van der Waals surface area contributed by atoms with E-state index in [1.165, 1.54) is 11.9 Å². The molecule has 0 aliphatic carbocycles. The highest BCUT2D eigenvalue weighted by Crippen LogP contribution is 2.22. The van der Waals surface area contributed by atoms with Crippen molar-refractivity contribution in [2.24, 2.45) is 0 Å². The molecule has 0 saturated heterocycles. The molecule has 3 rings (SSSR count). The molecule has 0 radical (unpaired) electrons. The van der Waals surface area contributed by atoms with Crippen molar-refractivity contribution < 1.29 is 22.7 Å². The Bertz CT molecular complexity index is 1320. The van der Waals surface area contributed by atoms with Crippen LogP contribution in [0.3, 0.4) is 0 Å². The zero-order chi connectivity index (χ0) is 27.0. The van der Waals surface area contributed by atoms with Crippen molar-refractivity contribution in [2.45, 2.75) is 19.0 Å². The van der Waals surface area contributed by atoms with E-state index in [4.69, 9.17) is 4.74 Å². The van der Waals surface area contributed by atoms with Gasteiger partial charge in [-0.25, -0.2) is 8.42 Å². The number of methoxy groups -OCH3 is 1. The molecule has 3 aromatic rings. The first kappa shape index (κ1) is 28.5. The molecule has 0 unspecified atom stereocenters. The first-order chi connectivity index (χ1) is 17.6. The second kappa shape index (κ2) is 12.9. The van der Waals surface area contributed by atoms with Crippen LogP contribution in [0.25, 0.3) is 0 Å². The summed E-state index contributed by atoms with van der Waals surface area (Å²) in [4.78, 5) is 28.4. The van der Waals surface area contributed by atoms with Gasteiger partial charge in [0.1, 0.15) is 18.3 Å². The van der Waals surface area contributed by atoms with Crippen molar-refractivity contribution in [2.75, 3.05) is 31.3 Å². The van der Waals surface area contributed by atoms with Crippen LogP contribution in [-0.4, -0.2) is 58.1 Å². The van der Waals surface area contributed by atoms with Crippen LogP contribution < -0.4 is 14.4 Å². The second-order valence-corrected chi connectivity index (χ2v) is 11.6. The first-order valence-corrected chi connectivity index (χ1v) is 14.5. The number of amides is 2. The van der Waals surface area contributed by atoms with Crippen LogP contribution in [0, 0.1) is 3.57 Å². The smallest absolute Gasteiger partial charge is 0.244 e. The lowest BCUT2D eigenvalue weighted by atomic mass is 10.0. The molecule has 0 aromatic heterocycles. The van der Waals surface area contributed by atoms with Gasteiger partial charge < -0.3 is 15.0 Å². The third kappa shape index (κ3) is 7.93. The van der Waals surface area contributed by atoms with Crippen molar-refractivity contribution in [3.63, 3.8) is 0 Å². The Balaban J connectivity index is 2.02. The fraction of sp³-hybridized carbons (Fsp3) is 0.259. The highest BCUT2D eigenvalue weighted by atomic mass is 127. The summed E-state index contributed by atoms with van der Waals surface area (Å²) in [7, 11) is -0.722. The zero-order valence-corrected chi connectivity index (χ0v) is 23.9. The molecule has 0 spiro atoms. The van der Waals surface area contributed by atoms with Crippen LogP contribution in [0.1, 0.15) is 11.1 Å². The minimum absolute atomic E-state index is 0.0885. The van der Waals surface area contributed by atoms with Gasteiger partial charge in [0.05, 0.1) is 19.1 Å². The highest BCUT2D eigenvalue weighted by Gasteiger charge is 2.32. The van der Waals surface area contributed by atoms with E-state index >= 15 is 0 Å². The number of ether oxygens (including phenoxy) is 1. The summed E-state index contributed by atoms with van der Waals surface area (Å²) < 4.78 is 32.8. The van der Waals surface area contributed by atoms with E-state index in [9.17, 15) is 18.0 Å². The Morgan fingerprint density at radius 2 is 1.62 bits per heavy atom. The number of anilines is 1. The van der Waals surface area contributed by atoms with E-state index in [0.717, 1.165) is 25.3 Å². The second-order valence-electron chi connectivity index (χ2n) is 8.44. The molecule has 2 amide bonds. The predicted octanol–water partition coefficient (Wildman–Crippen LogP) is 3.45. The maximum absolute atomic E-state index is 13.9. The van der Waals surface area contributed by atoms with E-state index in [-0.39, 0.29) is 18.9 Å². The van der Waals surface area contributed by atoms with Crippen molar-refractivity contribution in [1.82, 2.24) is 10.2 Å². The molecule has 0 aliphatic rings. The third-order valence-corrected chi connectivity index (χ3v) is 7.66. The lowest BCUT2D eigenvalue weighted by Gasteiger charge is -2.33. The van der Waals surface area contributed by atoms with Crippen LogP contribution in [0.5, 0.6) is 5.75 Å². The average molecular weight is 636 g/mol. The van der Waals surface area contributed by atoms with Crippen LogP contribution >= 0.6 is 22.6 Å². The van der Waals surface area contributed by atoms with E-state index in [1.807, 2.05) is 36.4 Å². The lowest BCUT2D eigenvalue weighted by molar-refractivity contribution is -0.139. The van der Waals surface area contributed by atoms with E-state index in [2.05, 4.69) is 27.9 Å². The number of nitrogens with zero attached hydrogens (tertiary/aromatic N) is 2. The molecule has 1 N–H and O–H groups in total. The summed E-state index contributed by atoms with van der Waals surface area (Å²) in [5, 5.41) is 2.66. The number of nitrogens with one attached hydrogen (secondary N) is 1. The molecule has 196 valence electrons. The van der Waals surface area contributed by atoms with Gasteiger partial charge in [0, 0.05) is 23.6 Å². The molecule has 10 heteroatoms. The van der Waals surface area contributed by atoms with E-state index in [0.29, 0.717) is 11.4 Å². The summed E-state index contributed by atoms with van der Waals surface area (Å²) >= 11 is 2.13. The standard InChI is InChI=1S/C27H30IN3O5S/c1-29-27(33)25(17-20-8-5-4-6-9-20)30(18-21-10-7-11-24(16-21)36-2)26(32)19-31(37(3,34)35)23-14-12-22(28)13-15-23/h4-16,25H,17-19H2,1-3H3,(H,29,33)/t25-/m1/s1. The molecule has 37 heavy (non-hydrogen) atoms. The van der Waals surface area contributed by atoms with Crippen molar-refractivity contribution in [3.05, 3.63) is 93.6 Å². The molecule has 0 saturated carbocycles. The minimum atomic E-state index is -3.79. The molecule has 8 nitrogen and oxygen atoms in total. The summed E-state index contributed by atoms with van der Waals surface area (Å²) in [5.74, 6) is -0.238. The van der Waals surface area contributed by atoms with E-state index < -0.39 is 28.5 Å². The summed E-state index contributed by atoms with van der Waals surface area (Å²) in [5.41, 5.74) is 1.99. The quantitative estimate of drug-likeness (QED) is 0.326. The molecular weight excluding hydrogens is 605 g/mol. The predicted molar refractivity (Wildman–Crippen MR) is 153 cm³/mol. The third-order valence-electron chi connectivity index (χ3n) is 5.80. The van der Waals surface area contributed by atoms with Crippen LogP contribution in [0.2, 0.25) is 0 Å². The number of halogens is 1. The average Bonchev–Trinajstić information content (AvgIpc) is 2.89. The van der Waals surface area contributed by atoms with Crippen LogP contribution in [-0.2, 0) is 32.6 Å². The Morgan fingerprint density at radius 3 is 2.22 bits per heavy atom. The Labute approximate surface area is 231 Å². The number of rotatable bonds is 11. The van der Waals surface area contributed by atoms with Crippen molar-refractivity contribution in [1.29, 1.82) is 0 Å². The van der Waals surface area contributed by atoms with Gasteiger partial charge >= 0.3 is 0 Å². The minimum Gasteiger partial charge on any atom is -0.497 e. The number of hydrogen-bond donors (Lipinski definition) is 1. The Morgan fingerprint density at radius 1 is 0.973 bits per heavy atom. The summed E-state index contributed by atoms with van der Waals surface area (Å²) in [6, 6.07) is 22.6. The van der Waals surface area contributed by atoms with Gasteiger partial charge in [-0.1, -0.05) is 42.5 Å². The molecule has 1 atom stereocenters. The maximum Gasteiger partial charge on any atom is 0.244 e. The van der Waals surface area contributed by atoms with Gasteiger partial charge in [0.2, 0.25) is 21.8 Å². The zero-order valence-electron chi connectivity index (χ0n) is 20.9. The fourth-order valence-electron chi connectivity index (χ4n) is 3.91. The van der Waals surface area contributed by atoms with Gasteiger partial charge in [-0.05, 0) is 70.1 Å². The van der Waals surface area contributed by atoms with Crippen molar-refractivity contribution >= 4 is 50.1 Å². The van der Waals surface area contributed by atoms with Crippen LogP contribution in [0.4, 0.5) is 5.69 Å². The van der Waals surface area contributed by atoms with Crippen LogP contribution in [0.15, 0.2) is 78.9 Å². The number of carbonyl (C=O) groups is 2. The normalized spacial score (nSPS) is 11.9. The Kier molecular flexibility index (Phi) is 9.93. The van der Waals surface area contributed by atoms with Gasteiger partial charge in [-0.15, -0.1) is 0 Å². The molecule has 0 fully saturated rings. The summed E-state index contributed by atoms with van der Waals surface area (Å²) in [6.45, 7) is -0.364. The first-order valence-electron chi connectivity index (χ1n) is 11.5. The lowest BCUT2D eigenvalue weighted by Crippen LogP contribution is -2.52. The monoisotopic (exact) mass is 635 g/mol. The van der Waals surface area contributed by atoms with Gasteiger partial charge in [0.25, 0.3) is 0 Å². The SMILES string of the molecule is CNC(=O)[C@@H](Cc1ccccc1)N(Cc1cccc(OC)c1)C(=O)CN(c1ccc(I)cc1)S(C)(=O)=O. The number of sulfonamides is 1. The highest BCUT2D eigenvalue weighted by molar-refractivity contribution is 14.1. The molecule has 0 aliphatic heterocycles. The molecule has 0 heterocycles. The van der Waals surface area contributed by atoms with Crippen molar-refractivity contribution in [3.8, 4) is 5.75 Å². The van der Waals surface area contributed by atoms with Gasteiger partial charge in [-0.2, -0.15) is 0 Å². The van der Waals surface area contributed by atoms with E-state index in [1.54, 1.807) is 49.6 Å². The molecule has 3 aromatic carbocycles. The maximum atomic E-state index is 13.9. The largest absolute Gasteiger partial charge is 0.497 e. The molecular formula is C27H30IN3O5S. The number of likely N-dealkylation sites (N-methyl/N-ethyl adjacent to an activating group) is 1. The van der Waals surface area contributed by atoms with Gasteiger partial charge in [-0.3, -0.25) is 13.9 Å². The topological polar surface area (TPSA) is 96.0 Å². The molecule has 0 bridgehead atoms. The number of hydrogen-bond acceptors (Lipinski definition) is 5.